The number of nitrogens with zero attached hydrogens (tertiary/aromatic N) is 1. The number of hydrogen-bond acceptors (Lipinski definition) is 6. The van der Waals surface area contributed by atoms with E-state index in [1.807, 2.05) is 19.9 Å². The van der Waals surface area contributed by atoms with Crippen LogP contribution in [0.1, 0.15) is 44.4 Å². The molecule has 0 radical (unpaired) electrons. The van der Waals surface area contributed by atoms with Gasteiger partial charge in [-0.25, -0.2) is 4.98 Å². The van der Waals surface area contributed by atoms with Gasteiger partial charge in [0, 0.05) is 19.1 Å². The Kier molecular flexibility index (Phi) is 3.27. The Morgan fingerprint density at radius 1 is 1.21 bits per heavy atom. The van der Waals surface area contributed by atoms with Crippen molar-refractivity contribution in [2.24, 2.45) is 0 Å². The molecule has 0 bridgehead atoms. The number of aromatic nitrogens is 1. The number of fused-ring (bicyclic) bond motifs is 4. The van der Waals surface area contributed by atoms with E-state index in [0.29, 0.717) is 30.7 Å². The van der Waals surface area contributed by atoms with Crippen LogP contribution in [0.5, 0.6) is 5.75 Å². The normalized spacial score (nSPS) is 31.5. The highest BCUT2D eigenvalue weighted by molar-refractivity contribution is 5.83. The summed E-state index contributed by atoms with van der Waals surface area (Å²) in [5.41, 5.74) is 0.670. The van der Waals surface area contributed by atoms with Crippen molar-refractivity contribution in [3.05, 3.63) is 23.6 Å². The summed E-state index contributed by atoms with van der Waals surface area (Å²) in [6.45, 7) is 3.98. The molecule has 2 aromatic heterocycles. The molecule has 1 aliphatic carbocycles. The van der Waals surface area contributed by atoms with Crippen LogP contribution in [0.2, 0.25) is 0 Å². The highest BCUT2D eigenvalue weighted by atomic mass is 16.7. The average molecular weight is 333 g/mol. The molecular formula is C18H23NO5. The smallest absolute Gasteiger partial charge is 0.229 e. The van der Waals surface area contributed by atoms with Crippen LogP contribution in [-0.2, 0) is 21.5 Å². The van der Waals surface area contributed by atoms with E-state index >= 15 is 0 Å². The molecule has 3 heterocycles. The lowest BCUT2D eigenvalue weighted by molar-refractivity contribution is -0.377. The van der Waals surface area contributed by atoms with E-state index in [0.717, 1.165) is 23.1 Å². The number of methoxy groups -OCH3 is 2. The molecule has 0 saturated carbocycles. The zero-order chi connectivity index (χ0) is 17.2. The van der Waals surface area contributed by atoms with Crippen LogP contribution in [0.3, 0.4) is 0 Å². The summed E-state index contributed by atoms with van der Waals surface area (Å²) in [6.07, 6.45) is 3.99. The van der Waals surface area contributed by atoms with Crippen LogP contribution < -0.4 is 4.74 Å². The molecule has 2 unspecified atom stereocenters. The van der Waals surface area contributed by atoms with Gasteiger partial charge in [-0.2, -0.15) is 0 Å². The second-order valence-corrected chi connectivity index (χ2v) is 7.29. The van der Waals surface area contributed by atoms with E-state index < -0.39 is 17.0 Å². The van der Waals surface area contributed by atoms with Crippen LogP contribution in [-0.4, -0.2) is 35.7 Å². The van der Waals surface area contributed by atoms with Crippen molar-refractivity contribution >= 4 is 11.1 Å². The van der Waals surface area contributed by atoms with Gasteiger partial charge in [-0.1, -0.05) is 0 Å². The molecule has 0 spiro atoms. The molecule has 2 aromatic rings. The summed E-state index contributed by atoms with van der Waals surface area (Å²) in [5, 5.41) is 12.2. The van der Waals surface area contributed by atoms with Gasteiger partial charge in [0.1, 0.15) is 5.75 Å². The number of hydrogen-bond donors (Lipinski definition) is 1. The number of furan rings is 1. The van der Waals surface area contributed by atoms with Crippen LogP contribution in [0.4, 0.5) is 0 Å². The van der Waals surface area contributed by atoms with Gasteiger partial charge in [0.05, 0.1) is 30.1 Å². The Balaban J connectivity index is 1.98. The van der Waals surface area contributed by atoms with E-state index in [2.05, 4.69) is 0 Å². The maximum absolute atomic E-state index is 11.4. The van der Waals surface area contributed by atoms with Crippen molar-refractivity contribution in [3.63, 3.8) is 0 Å². The number of aliphatic hydroxyl groups is 1. The molecule has 24 heavy (non-hydrogen) atoms. The summed E-state index contributed by atoms with van der Waals surface area (Å²) in [5.74, 6) is -0.679. The van der Waals surface area contributed by atoms with Crippen molar-refractivity contribution < 1.29 is 23.7 Å². The first-order valence-electron chi connectivity index (χ1n) is 8.28. The summed E-state index contributed by atoms with van der Waals surface area (Å²) in [6, 6.07) is 1.85. The van der Waals surface area contributed by atoms with Gasteiger partial charge < -0.3 is 23.7 Å². The minimum absolute atomic E-state index is 0.410. The molecule has 0 amide bonds. The predicted octanol–water partition coefficient (Wildman–Crippen LogP) is 2.90. The maximum atomic E-state index is 11.4. The van der Waals surface area contributed by atoms with Crippen molar-refractivity contribution in [2.45, 2.75) is 56.5 Å². The van der Waals surface area contributed by atoms with Crippen molar-refractivity contribution in [1.29, 1.82) is 0 Å². The molecule has 1 aliphatic heterocycles. The zero-order valence-corrected chi connectivity index (χ0v) is 14.5. The standard InChI is InChI=1S/C18H23NO5/c1-16(2)8-9-17(22-4)14-11(5-7-18(17,20)24-16)13(21-3)12-6-10-23-15(12)19-14/h6,10,20H,5,7-9H2,1-4H3. The zero-order valence-electron chi connectivity index (χ0n) is 14.5. The largest absolute Gasteiger partial charge is 0.496 e. The van der Waals surface area contributed by atoms with Gasteiger partial charge in [0.15, 0.2) is 5.60 Å². The summed E-state index contributed by atoms with van der Waals surface area (Å²) in [7, 11) is 3.24. The van der Waals surface area contributed by atoms with E-state index in [4.69, 9.17) is 23.6 Å². The lowest BCUT2D eigenvalue weighted by atomic mass is 9.70. The van der Waals surface area contributed by atoms with E-state index in [1.165, 1.54) is 0 Å². The van der Waals surface area contributed by atoms with E-state index in [-0.39, 0.29) is 0 Å². The lowest BCUT2D eigenvalue weighted by Crippen LogP contribution is -2.64. The van der Waals surface area contributed by atoms with Crippen LogP contribution >= 0.6 is 0 Å². The molecule has 0 aromatic carbocycles. The van der Waals surface area contributed by atoms with E-state index in [9.17, 15) is 5.11 Å². The Hall–Kier alpha value is -1.63. The monoisotopic (exact) mass is 333 g/mol. The van der Waals surface area contributed by atoms with Gasteiger partial charge in [-0.15, -0.1) is 0 Å². The molecule has 1 N–H and O–H groups in total. The Morgan fingerprint density at radius 2 is 2.00 bits per heavy atom. The van der Waals surface area contributed by atoms with Crippen molar-refractivity contribution in [1.82, 2.24) is 4.98 Å². The fraction of sp³-hybridized carbons (Fsp3) is 0.611. The fourth-order valence-electron chi connectivity index (χ4n) is 4.27. The second-order valence-electron chi connectivity index (χ2n) is 7.29. The molecule has 6 heteroatoms. The second kappa shape index (κ2) is 4.94. The highest BCUT2D eigenvalue weighted by Crippen LogP contribution is 2.55. The third-order valence-corrected chi connectivity index (χ3v) is 5.47. The summed E-state index contributed by atoms with van der Waals surface area (Å²) < 4.78 is 23.1. The maximum Gasteiger partial charge on any atom is 0.229 e. The first-order valence-corrected chi connectivity index (χ1v) is 8.28. The van der Waals surface area contributed by atoms with Crippen LogP contribution in [0.25, 0.3) is 11.1 Å². The number of rotatable bonds is 2. The van der Waals surface area contributed by atoms with Crippen LogP contribution in [0.15, 0.2) is 16.7 Å². The Bertz CT molecular complexity index is 798. The minimum Gasteiger partial charge on any atom is -0.496 e. The van der Waals surface area contributed by atoms with Gasteiger partial charge in [0.25, 0.3) is 0 Å². The van der Waals surface area contributed by atoms with Crippen molar-refractivity contribution in [2.75, 3.05) is 14.2 Å². The van der Waals surface area contributed by atoms with Crippen molar-refractivity contribution in [3.8, 4) is 5.75 Å². The molecule has 2 aliphatic rings. The third-order valence-electron chi connectivity index (χ3n) is 5.47. The molecule has 1 saturated heterocycles. The lowest BCUT2D eigenvalue weighted by Gasteiger charge is -2.55. The topological polar surface area (TPSA) is 74.0 Å². The summed E-state index contributed by atoms with van der Waals surface area (Å²) in [4.78, 5) is 4.69. The van der Waals surface area contributed by atoms with Crippen LogP contribution in [0, 0.1) is 0 Å². The molecule has 6 nitrogen and oxygen atoms in total. The summed E-state index contributed by atoms with van der Waals surface area (Å²) >= 11 is 0. The quantitative estimate of drug-likeness (QED) is 0.911. The predicted molar refractivity (Wildman–Crippen MR) is 86.9 cm³/mol. The first kappa shape index (κ1) is 15.9. The Labute approximate surface area is 140 Å². The molecule has 4 rings (SSSR count). The molecular weight excluding hydrogens is 310 g/mol. The molecule has 130 valence electrons. The highest BCUT2D eigenvalue weighted by Gasteiger charge is 2.62. The minimum atomic E-state index is -1.42. The number of ether oxygens (including phenoxy) is 3. The fourth-order valence-corrected chi connectivity index (χ4v) is 4.27. The van der Waals surface area contributed by atoms with Gasteiger partial charge in [-0.05, 0) is 39.2 Å². The third kappa shape index (κ3) is 1.90. The molecule has 2 atom stereocenters. The SMILES string of the molecule is COc1c2c(nc3occc13)C1(OC)CCC(C)(C)OC1(O)CC2. The first-order chi connectivity index (χ1) is 11.4. The van der Waals surface area contributed by atoms with Gasteiger partial charge in [-0.3, -0.25) is 0 Å². The molecule has 1 fully saturated rings. The van der Waals surface area contributed by atoms with E-state index in [1.54, 1.807) is 20.5 Å². The van der Waals surface area contributed by atoms with Gasteiger partial charge in [0.2, 0.25) is 11.5 Å². The Morgan fingerprint density at radius 3 is 2.71 bits per heavy atom. The average Bonchev–Trinajstić information content (AvgIpc) is 2.99. The van der Waals surface area contributed by atoms with Gasteiger partial charge >= 0.3 is 0 Å². The number of pyridine rings is 1.